The molecule has 0 fully saturated rings. The van der Waals surface area contributed by atoms with Gasteiger partial charge < -0.3 is 4.74 Å². The number of esters is 1. The second-order valence-corrected chi connectivity index (χ2v) is 4.62. The van der Waals surface area contributed by atoms with Gasteiger partial charge in [-0.05, 0) is 22.8 Å². The van der Waals surface area contributed by atoms with Crippen LogP contribution >= 0.6 is 0 Å². The van der Waals surface area contributed by atoms with Crippen LogP contribution < -0.4 is 0 Å². The Kier molecular flexibility index (Phi) is 5.53. The number of carbonyl (C=O) groups is 1. The molecule has 106 valence electrons. The highest BCUT2D eigenvalue weighted by Crippen LogP contribution is 2.10. The van der Waals surface area contributed by atoms with Crippen LogP contribution in [0.15, 0.2) is 60.7 Å². The Balaban J connectivity index is 1.93. The van der Waals surface area contributed by atoms with E-state index in [1.165, 1.54) is 12.5 Å². The van der Waals surface area contributed by atoms with Crippen molar-refractivity contribution < 1.29 is 9.53 Å². The first-order valence-corrected chi connectivity index (χ1v) is 6.87. The van der Waals surface area contributed by atoms with Crippen molar-refractivity contribution in [2.24, 2.45) is 0 Å². The Morgan fingerprint density at radius 2 is 1.38 bits per heavy atom. The van der Waals surface area contributed by atoms with Gasteiger partial charge in [-0.1, -0.05) is 72.8 Å². The van der Waals surface area contributed by atoms with Crippen molar-refractivity contribution in [1.29, 1.82) is 0 Å². The number of carbonyl (C=O) groups excluding carboxylic acids is 1. The largest absolute Gasteiger partial charge is 0.462 e. The van der Waals surface area contributed by atoms with Crippen LogP contribution in [0.4, 0.5) is 0 Å². The van der Waals surface area contributed by atoms with Gasteiger partial charge in [0.2, 0.25) is 0 Å². The van der Waals surface area contributed by atoms with Gasteiger partial charge in [-0.25, -0.2) is 0 Å². The Morgan fingerprint density at radius 3 is 1.95 bits per heavy atom. The van der Waals surface area contributed by atoms with E-state index in [0.717, 1.165) is 11.1 Å². The lowest BCUT2D eigenvalue weighted by molar-refractivity contribution is -0.139. The molecule has 0 atom stereocenters. The highest BCUT2D eigenvalue weighted by molar-refractivity contribution is 5.70. The Morgan fingerprint density at radius 1 is 0.857 bits per heavy atom. The number of ether oxygens (including phenoxy) is 1. The lowest BCUT2D eigenvalue weighted by Crippen LogP contribution is -1.97. The van der Waals surface area contributed by atoms with Gasteiger partial charge in [-0.2, -0.15) is 0 Å². The molecule has 21 heavy (non-hydrogen) atoms. The summed E-state index contributed by atoms with van der Waals surface area (Å²) in [7, 11) is 0. The maximum absolute atomic E-state index is 10.6. The molecule has 0 saturated carbocycles. The summed E-state index contributed by atoms with van der Waals surface area (Å²) in [5.74, 6) is -0.263. The van der Waals surface area contributed by atoms with Gasteiger partial charge in [0.1, 0.15) is 6.61 Å². The molecular formula is C19H18O2. The van der Waals surface area contributed by atoms with Crippen molar-refractivity contribution in [2.75, 3.05) is 6.61 Å². The molecule has 0 bridgehead atoms. The molecule has 0 aliphatic carbocycles. The van der Waals surface area contributed by atoms with E-state index in [0.29, 0.717) is 6.61 Å². The fourth-order valence-electron chi connectivity index (χ4n) is 1.82. The van der Waals surface area contributed by atoms with Crippen LogP contribution in [0, 0.1) is 0 Å². The summed E-state index contributed by atoms with van der Waals surface area (Å²) in [6.07, 6.45) is 7.94. The van der Waals surface area contributed by atoms with E-state index in [2.05, 4.69) is 36.4 Å². The standard InChI is InChI=1S/C19H18O2/c1-16(20)21-15-5-8-18-10-13-19(14-11-18)12-9-17-6-3-2-4-7-17/h2-14H,15H2,1H3/b8-5+,12-9+. The quantitative estimate of drug-likeness (QED) is 0.597. The average Bonchev–Trinajstić information content (AvgIpc) is 2.51. The highest BCUT2D eigenvalue weighted by atomic mass is 16.5. The molecule has 0 spiro atoms. The Hall–Kier alpha value is -2.61. The van der Waals surface area contributed by atoms with Crippen LogP contribution in [0.25, 0.3) is 18.2 Å². The van der Waals surface area contributed by atoms with E-state index in [1.807, 2.05) is 42.5 Å². The van der Waals surface area contributed by atoms with Gasteiger partial charge in [-0.3, -0.25) is 4.79 Å². The molecule has 0 aliphatic rings. The van der Waals surface area contributed by atoms with Gasteiger partial charge in [0.15, 0.2) is 0 Å². The molecule has 2 aromatic carbocycles. The first-order chi connectivity index (χ1) is 10.2. The van der Waals surface area contributed by atoms with Gasteiger partial charge in [0.25, 0.3) is 0 Å². The third-order valence-corrected chi connectivity index (χ3v) is 2.90. The summed E-state index contributed by atoms with van der Waals surface area (Å²) in [6.45, 7) is 1.71. The third kappa shape index (κ3) is 5.49. The molecular weight excluding hydrogens is 260 g/mol. The second kappa shape index (κ2) is 7.85. The summed E-state index contributed by atoms with van der Waals surface area (Å²) in [4.78, 5) is 10.6. The van der Waals surface area contributed by atoms with Crippen LogP contribution in [0.1, 0.15) is 23.6 Å². The van der Waals surface area contributed by atoms with E-state index < -0.39 is 0 Å². The fraction of sp³-hybridized carbons (Fsp3) is 0.105. The minimum Gasteiger partial charge on any atom is -0.462 e. The first-order valence-electron chi connectivity index (χ1n) is 6.87. The summed E-state index contributed by atoms with van der Waals surface area (Å²) in [6, 6.07) is 18.4. The maximum Gasteiger partial charge on any atom is 0.302 e. The zero-order chi connectivity index (χ0) is 14.9. The smallest absolute Gasteiger partial charge is 0.302 e. The van der Waals surface area contributed by atoms with Gasteiger partial charge in [-0.15, -0.1) is 0 Å². The lowest BCUT2D eigenvalue weighted by atomic mass is 10.1. The molecule has 2 rings (SSSR count). The number of benzene rings is 2. The van der Waals surface area contributed by atoms with Crippen molar-refractivity contribution in [3.8, 4) is 0 Å². The summed E-state index contributed by atoms with van der Waals surface area (Å²) in [5, 5.41) is 0. The van der Waals surface area contributed by atoms with Crippen LogP contribution in [-0.4, -0.2) is 12.6 Å². The topological polar surface area (TPSA) is 26.3 Å². The maximum atomic E-state index is 10.6. The minimum atomic E-state index is -0.263. The molecule has 2 nitrogen and oxygen atoms in total. The predicted octanol–water partition coefficient (Wildman–Crippen LogP) is 4.43. The average molecular weight is 278 g/mol. The first kappa shape index (κ1) is 14.8. The van der Waals surface area contributed by atoms with Gasteiger partial charge >= 0.3 is 5.97 Å². The molecule has 2 heteroatoms. The SMILES string of the molecule is CC(=O)OC/C=C/c1ccc(/C=C/c2ccccc2)cc1. The molecule has 0 unspecified atom stereocenters. The highest BCUT2D eigenvalue weighted by Gasteiger charge is 1.90. The van der Waals surface area contributed by atoms with E-state index in [9.17, 15) is 4.79 Å². The second-order valence-electron chi connectivity index (χ2n) is 4.62. The van der Waals surface area contributed by atoms with Crippen molar-refractivity contribution in [3.05, 3.63) is 77.4 Å². The Bertz CT molecular complexity index is 622. The Labute approximate surface area is 125 Å². The molecule has 0 heterocycles. The minimum absolute atomic E-state index is 0.263. The van der Waals surface area contributed by atoms with E-state index in [4.69, 9.17) is 4.74 Å². The molecule has 0 aromatic heterocycles. The van der Waals surface area contributed by atoms with E-state index in [1.54, 1.807) is 0 Å². The molecule has 0 radical (unpaired) electrons. The monoisotopic (exact) mass is 278 g/mol. The zero-order valence-corrected chi connectivity index (χ0v) is 12.0. The fourth-order valence-corrected chi connectivity index (χ4v) is 1.82. The molecule has 0 N–H and O–H groups in total. The molecule has 2 aromatic rings. The lowest BCUT2D eigenvalue weighted by Gasteiger charge is -1.98. The summed E-state index contributed by atoms with van der Waals surface area (Å²) >= 11 is 0. The van der Waals surface area contributed by atoms with Crippen molar-refractivity contribution in [1.82, 2.24) is 0 Å². The van der Waals surface area contributed by atoms with Crippen LogP contribution in [0.3, 0.4) is 0 Å². The van der Waals surface area contributed by atoms with Crippen LogP contribution in [-0.2, 0) is 9.53 Å². The summed E-state index contributed by atoms with van der Waals surface area (Å²) in [5.41, 5.74) is 3.41. The van der Waals surface area contributed by atoms with Crippen molar-refractivity contribution in [3.63, 3.8) is 0 Å². The van der Waals surface area contributed by atoms with Crippen molar-refractivity contribution >= 4 is 24.2 Å². The van der Waals surface area contributed by atoms with E-state index in [-0.39, 0.29) is 5.97 Å². The van der Waals surface area contributed by atoms with Crippen LogP contribution in [0.5, 0.6) is 0 Å². The molecule has 0 saturated heterocycles. The normalized spacial score (nSPS) is 11.1. The zero-order valence-electron chi connectivity index (χ0n) is 12.0. The number of rotatable bonds is 5. The van der Waals surface area contributed by atoms with Gasteiger partial charge in [0.05, 0.1) is 0 Å². The van der Waals surface area contributed by atoms with E-state index >= 15 is 0 Å². The van der Waals surface area contributed by atoms with Gasteiger partial charge in [0, 0.05) is 6.92 Å². The van der Waals surface area contributed by atoms with Crippen LogP contribution in [0.2, 0.25) is 0 Å². The number of hydrogen-bond donors (Lipinski definition) is 0. The predicted molar refractivity (Wildman–Crippen MR) is 87.5 cm³/mol. The third-order valence-electron chi connectivity index (χ3n) is 2.90. The number of hydrogen-bond acceptors (Lipinski definition) is 2. The van der Waals surface area contributed by atoms with Crippen molar-refractivity contribution in [2.45, 2.75) is 6.92 Å². The molecule has 0 amide bonds. The summed E-state index contributed by atoms with van der Waals surface area (Å²) < 4.78 is 4.84. The molecule has 0 aliphatic heterocycles.